The molecule has 25 heavy (non-hydrogen) atoms. The predicted octanol–water partition coefficient (Wildman–Crippen LogP) is 1.56. The van der Waals surface area contributed by atoms with E-state index in [4.69, 9.17) is 0 Å². The number of nitrogens with one attached hydrogen (secondary N) is 3. The average Bonchev–Trinajstić information content (AvgIpc) is 2.59. The lowest BCUT2D eigenvalue weighted by atomic mass is 9.81. The van der Waals surface area contributed by atoms with E-state index in [9.17, 15) is 19.7 Å². The van der Waals surface area contributed by atoms with Crippen molar-refractivity contribution in [2.75, 3.05) is 19.6 Å². The quantitative estimate of drug-likeness (QED) is 0.575. The number of benzene rings is 1. The highest BCUT2D eigenvalue weighted by molar-refractivity contribution is 6.06. The summed E-state index contributed by atoms with van der Waals surface area (Å²) in [5.74, 6) is -0.392. The normalized spacial score (nSPS) is 16.5. The van der Waals surface area contributed by atoms with Gasteiger partial charge in [-0.2, -0.15) is 0 Å². The number of hydrogen-bond acceptors (Lipinski definition) is 5. The number of amides is 1. The Labute approximate surface area is 143 Å². The number of aromatic amines is 1. The number of nitro groups is 1. The summed E-state index contributed by atoms with van der Waals surface area (Å²) < 4.78 is 0. The fourth-order valence-electron chi connectivity index (χ4n) is 3.14. The van der Waals surface area contributed by atoms with Gasteiger partial charge in [0, 0.05) is 35.6 Å². The smallest absolute Gasteiger partial charge is 0.270 e. The Balaban J connectivity index is 1.90. The number of rotatable bonds is 4. The van der Waals surface area contributed by atoms with Crippen LogP contribution >= 0.6 is 0 Å². The molecule has 0 saturated carbocycles. The summed E-state index contributed by atoms with van der Waals surface area (Å²) in [6.45, 7) is 4.44. The second kappa shape index (κ2) is 6.64. The van der Waals surface area contributed by atoms with Gasteiger partial charge >= 0.3 is 0 Å². The van der Waals surface area contributed by atoms with Crippen molar-refractivity contribution in [3.05, 3.63) is 50.3 Å². The van der Waals surface area contributed by atoms with E-state index in [-0.39, 0.29) is 16.7 Å². The Morgan fingerprint density at radius 2 is 2.04 bits per heavy atom. The zero-order valence-corrected chi connectivity index (χ0v) is 13.9. The van der Waals surface area contributed by atoms with Crippen LogP contribution in [0, 0.1) is 15.5 Å². The van der Waals surface area contributed by atoms with Crippen molar-refractivity contribution in [3.8, 4) is 0 Å². The number of H-pyrrole nitrogens is 1. The largest absolute Gasteiger partial charge is 0.351 e. The van der Waals surface area contributed by atoms with Crippen LogP contribution in [0.3, 0.4) is 0 Å². The van der Waals surface area contributed by atoms with Crippen molar-refractivity contribution in [2.45, 2.75) is 19.8 Å². The number of hydrogen-bond donors (Lipinski definition) is 3. The van der Waals surface area contributed by atoms with Crippen LogP contribution in [0.25, 0.3) is 10.9 Å². The molecule has 3 N–H and O–H groups in total. The number of fused-ring (bicyclic) bond motifs is 1. The van der Waals surface area contributed by atoms with Gasteiger partial charge in [0.1, 0.15) is 0 Å². The molecule has 1 aliphatic heterocycles. The fraction of sp³-hybridized carbons (Fsp3) is 0.412. The molecule has 0 aliphatic carbocycles. The van der Waals surface area contributed by atoms with Gasteiger partial charge in [0.25, 0.3) is 11.6 Å². The van der Waals surface area contributed by atoms with Crippen LogP contribution in [0.4, 0.5) is 5.69 Å². The van der Waals surface area contributed by atoms with Gasteiger partial charge in [0.15, 0.2) is 0 Å². The first-order chi connectivity index (χ1) is 11.9. The Kier molecular flexibility index (Phi) is 4.54. The molecule has 0 unspecified atom stereocenters. The topological polar surface area (TPSA) is 117 Å². The third-order valence-corrected chi connectivity index (χ3v) is 4.77. The van der Waals surface area contributed by atoms with E-state index in [0.29, 0.717) is 17.4 Å². The first-order valence-corrected chi connectivity index (χ1v) is 8.18. The molecule has 0 atom stereocenters. The van der Waals surface area contributed by atoms with Crippen molar-refractivity contribution >= 4 is 22.5 Å². The fourth-order valence-corrected chi connectivity index (χ4v) is 3.14. The van der Waals surface area contributed by atoms with Crippen LogP contribution in [0.15, 0.2) is 29.1 Å². The molecule has 1 amide bonds. The third kappa shape index (κ3) is 3.69. The van der Waals surface area contributed by atoms with Gasteiger partial charge in [-0.3, -0.25) is 19.7 Å². The highest BCUT2D eigenvalue weighted by Gasteiger charge is 2.27. The maximum Gasteiger partial charge on any atom is 0.270 e. The monoisotopic (exact) mass is 344 g/mol. The molecule has 0 bridgehead atoms. The molecule has 2 aromatic rings. The molecule has 3 rings (SSSR count). The van der Waals surface area contributed by atoms with Gasteiger partial charge in [-0.05, 0) is 37.4 Å². The van der Waals surface area contributed by atoms with Gasteiger partial charge in [-0.15, -0.1) is 0 Å². The number of non-ortho nitro benzene ring substituents is 1. The first kappa shape index (κ1) is 17.1. The van der Waals surface area contributed by atoms with E-state index in [1.165, 1.54) is 24.3 Å². The zero-order chi connectivity index (χ0) is 18.0. The van der Waals surface area contributed by atoms with Gasteiger partial charge < -0.3 is 15.6 Å². The van der Waals surface area contributed by atoms with E-state index >= 15 is 0 Å². The summed E-state index contributed by atoms with van der Waals surface area (Å²) >= 11 is 0. The van der Waals surface area contributed by atoms with Crippen LogP contribution in [-0.4, -0.2) is 35.4 Å². The summed E-state index contributed by atoms with van der Waals surface area (Å²) in [4.78, 5) is 37.5. The number of pyridine rings is 1. The van der Waals surface area contributed by atoms with Crippen LogP contribution in [0.5, 0.6) is 0 Å². The van der Waals surface area contributed by atoms with E-state index in [0.717, 1.165) is 25.9 Å². The van der Waals surface area contributed by atoms with E-state index < -0.39 is 16.4 Å². The van der Waals surface area contributed by atoms with Gasteiger partial charge in [0.2, 0.25) is 5.56 Å². The number of aromatic nitrogens is 1. The number of carbonyl (C=O) groups is 1. The lowest BCUT2D eigenvalue weighted by Crippen LogP contribution is -2.43. The second-order valence-corrected chi connectivity index (χ2v) is 6.78. The zero-order valence-electron chi connectivity index (χ0n) is 13.9. The molecule has 8 nitrogen and oxygen atoms in total. The molecular formula is C17H20N4O4. The average molecular weight is 344 g/mol. The van der Waals surface area contributed by atoms with Gasteiger partial charge in [0.05, 0.1) is 10.5 Å². The minimum absolute atomic E-state index is 0.00388. The highest BCUT2D eigenvalue weighted by Crippen LogP contribution is 2.27. The van der Waals surface area contributed by atoms with Crippen molar-refractivity contribution in [2.24, 2.45) is 5.41 Å². The molecule has 8 heteroatoms. The van der Waals surface area contributed by atoms with E-state index in [1.807, 2.05) is 0 Å². The highest BCUT2D eigenvalue weighted by atomic mass is 16.6. The second-order valence-electron chi connectivity index (χ2n) is 6.78. The van der Waals surface area contributed by atoms with Crippen molar-refractivity contribution < 1.29 is 9.72 Å². The standard InChI is InChI=1S/C17H20N4O4/c1-17(4-6-18-7-5-17)10-19-16(23)13-9-15(22)20-14-3-2-11(21(24)25)8-12(13)14/h2-3,8-9,18H,4-7,10H2,1H3,(H,19,23)(H,20,22). The minimum atomic E-state index is -0.525. The SMILES string of the molecule is CC1(CNC(=O)c2cc(=O)[nH]c3ccc([N+](=O)[O-])cc23)CCNCC1. The molecule has 1 aliphatic rings. The van der Waals surface area contributed by atoms with Crippen molar-refractivity contribution in [1.82, 2.24) is 15.6 Å². The number of nitro benzene ring substituents is 1. The molecular weight excluding hydrogens is 324 g/mol. The number of piperidine rings is 1. The van der Waals surface area contributed by atoms with Crippen molar-refractivity contribution in [3.63, 3.8) is 0 Å². The van der Waals surface area contributed by atoms with E-state index in [2.05, 4.69) is 22.5 Å². The summed E-state index contributed by atoms with van der Waals surface area (Å²) in [7, 11) is 0. The Hall–Kier alpha value is -2.74. The Bertz CT molecular complexity index is 884. The molecule has 2 heterocycles. The number of carbonyl (C=O) groups excluding carboxylic acids is 1. The van der Waals surface area contributed by atoms with Crippen LogP contribution in [-0.2, 0) is 0 Å². The molecule has 0 spiro atoms. The summed E-state index contributed by atoms with van der Waals surface area (Å²) in [5.41, 5.74) is 0.0130. The van der Waals surface area contributed by atoms with Crippen molar-refractivity contribution in [1.29, 1.82) is 0 Å². The molecule has 1 fully saturated rings. The summed E-state index contributed by atoms with van der Waals surface area (Å²) in [5, 5.41) is 17.5. The van der Waals surface area contributed by atoms with Crippen LogP contribution in [0.1, 0.15) is 30.1 Å². The Morgan fingerprint density at radius 1 is 1.32 bits per heavy atom. The Morgan fingerprint density at radius 3 is 2.72 bits per heavy atom. The predicted molar refractivity (Wildman–Crippen MR) is 93.8 cm³/mol. The lowest BCUT2D eigenvalue weighted by Gasteiger charge is -2.34. The molecule has 132 valence electrons. The maximum atomic E-state index is 12.6. The lowest BCUT2D eigenvalue weighted by molar-refractivity contribution is -0.384. The van der Waals surface area contributed by atoms with Gasteiger partial charge in [-0.1, -0.05) is 6.92 Å². The van der Waals surface area contributed by atoms with Crippen LogP contribution < -0.4 is 16.2 Å². The molecule has 1 aromatic heterocycles. The molecule has 0 radical (unpaired) electrons. The first-order valence-electron chi connectivity index (χ1n) is 8.18. The molecule has 1 saturated heterocycles. The third-order valence-electron chi connectivity index (χ3n) is 4.77. The minimum Gasteiger partial charge on any atom is -0.351 e. The maximum absolute atomic E-state index is 12.6. The van der Waals surface area contributed by atoms with Crippen LogP contribution in [0.2, 0.25) is 0 Å². The number of nitrogens with zero attached hydrogens (tertiary/aromatic N) is 1. The summed E-state index contributed by atoms with van der Waals surface area (Å²) in [6, 6.07) is 5.24. The summed E-state index contributed by atoms with van der Waals surface area (Å²) in [6.07, 6.45) is 1.91. The van der Waals surface area contributed by atoms with Gasteiger partial charge in [-0.25, -0.2) is 0 Å². The molecule has 1 aromatic carbocycles. The van der Waals surface area contributed by atoms with E-state index in [1.54, 1.807) is 0 Å².